The highest BCUT2D eigenvalue weighted by Crippen LogP contribution is 2.23. The summed E-state index contributed by atoms with van der Waals surface area (Å²) in [5, 5.41) is 11.6. The molecule has 0 saturated heterocycles. The minimum absolute atomic E-state index is 0.127. The van der Waals surface area contributed by atoms with Crippen molar-refractivity contribution < 1.29 is 0 Å². The van der Waals surface area contributed by atoms with Gasteiger partial charge in [0, 0.05) is 15.9 Å². The molecule has 5 heteroatoms. The third-order valence-corrected chi connectivity index (χ3v) is 2.48. The van der Waals surface area contributed by atoms with E-state index in [1.165, 1.54) is 0 Å². The van der Waals surface area contributed by atoms with Gasteiger partial charge in [-0.15, -0.1) is 0 Å². The maximum Gasteiger partial charge on any atom is 0.272 e. The second-order valence-electron chi connectivity index (χ2n) is 4.97. The minimum atomic E-state index is -0.234. The van der Waals surface area contributed by atoms with Gasteiger partial charge in [-0.25, -0.2) is 5.10 Å². The first kappa shape index (κ1) is 11.9. The SMILES string of the molecule is CC(C)(C)Nc1n[nH]c(=O)c2cc(Cl)ccc12. The lowest BCUT2D eigenvalue weighted by Gasteiger charge is -2.21. The van der Waals surface area contributed by atoms with Gasteiger partial charge in [-0.05, 0) is 39.0 Å². The number of nitrogens with one attached hydrogen (secondary N) is 2. The van der Waals surface area contributed by atoms with E-state index in [1.807, 2.05) is 20.8 Å². The van der Waals surface area contributed by atoms with Crippen LogP contribution < -0.4 is 10.9 Å². The van der Waals surface area contributed by atoms with Crippen molar-refractivity contribution in [1.82, 2.24) is 10.2 Å². The van der Waals surface area contributed by atoms with Gasteiger partial charge in [0.2, 0.25) is 0 Å². The molecule has 0 bridgehead atoms. The van der Waals surface area contributed by atoms with Gasteiger partial charge in [0.05, 0.1) is 5.39 Å². The van der Waals surface area contributed by atoms with Crippen molar-refractivity contribution in [3.8, 4) is 0 Å². The predicted octanol–water partition coefficient (Wildman–Crippen LogP) is 2.79. The Bertz CT molecular complexity index is 613. The van der Waals surface area contributed by atoms with E-state index >= 15 is 0 Å². The van der Waals surface area contributed by atoms with Gasteiger partial charge < -0.3 is 5.32 Å². The Balaban J connectivity index is 2.66. The van der Waals surface area contributed by atoms with Gasteiger partial charge in [0.25, 0.3) is 5.56 Å². The maximum absolute atomic E-state index is 11.6. The fourth-order valence-electron chi connectivity index (χ4n) is 1.59. The molecule has 0 atom stereocenters. The molecule has 1 aromatic carbocycles. The molecule has 0 spiro atoms. The van der Waals surface area contributed by atoms with E-state index in [4.69, 9.17) is 11.6 Å². The minimum Gasteiger partial charge on any atom is -0.364 e. The molecule has 1 aromatic heterocycles. The summed E-state index contributed by atoms with van der Waals surface area (Å²) in [6.07, 6.45) is 0. The predicted molar refractivity (Wildman–Crippen MR) is 70.7 cm³/mol. The molecule has 0 aliphatic carbocycles. The molecule has 90 valence electrons. The van der Waals surface area contributed by atoms with Gasteiger partial charge >= 0.3 is 0 Å². The van der Waals surface area contributed by atoms with Crippen LogP contribution in [0.1, 0.15) is 20.8 Å². The number of H-pyrrole nitrogens is 1. The molecule has 0 saturated carbocycles. The largest absolute Gasteiger partial charge is 0.364 e. The van der Waals surface area contributed by atoms with Gasteiger partial charge in [-0.1, -0.05) is 11.6 Å². The van der Waals surface area contributed by atoms with E-state index in [0.29, 0.717) is 16.2 Å². The van der Waals surface area contributed by atoms with Gasteiger partial charge in [-0.2, -0.15) is 5.10 Å². The van der Waals surface area contributed by atoms with Crippen LogP contribution >= 0.6 is 11.6 Å². The van der Waals surface area contributed by atoms with Crippen LogP contribution in [0.15, 0.2) is 23.0 Å². The molecule has 0 amide bonds. The second-order valence-corrected chi connectivity index (χ2v) is 5.40. The second kappa shape index (κ2) is 4.04. The molecule has 2 N–H and O–H groups in total. The molecule has 17 heavy (non-hydrogen) atoms. The number of nitrogens with zero attached hydrogens (tertiary/aromatic N) is 1. The van der Waals surface area contributed by atoms with E-state index in [0.717, 1.165) is 5.39 Å². The van der Waals surface area contributed by atoms with E-state index in [9.17, 15) is 4.79 Å². The van der Waals surface area contributed by atoms with Crippen LogP contribution in [0.5, 0.6) is 0 Å². The molecular weight excluding hydrogens is 238 g/mol. The number of fused-ring (bicyclic) bond motifs is 1. The van der Waals surface area contributed by atoms with Crippen LogP contribution in [0.3, 0.4) is 0 Å². The van der Waals surface area contributed by atoms with Crippen molar-refractivity contribution in [2.75, 3.05) is 5.32 Å². The van der Waals surface area contributed by atoms with Crippen LogP contribution in [-0.4, -0.2) is 15.7 Å². The summed E-state index contributed by atoms with van der Waals surface area (Å²) in [5.74, 6) is 0.656. The van der Waals surface area contributed by atoms with Crippen LogP contribution in [-0.2, 0) is 0 Å². The number of anilines is 1. The zero-order valence-corrected chi connectivity index (χ0v) is 10.7. The highest BCUT2D eigenvalue weighted by Gasteiger charge is 2.14. The molecule has 0 fully saturated rings. The molecule has 0 radical (unpaired) electrons. The first-order valence-corrected chi connectivity index (χ1v) is 5.71. The fraction of sp³-hybridized carbons (Fsp3) is 0.333. The third kappa shape index (κ3) is 2.58. The maximum atomic E-state index is 11.6. The summed E-state index contributed by atoms with van der Waals surface area (Å²) in [6.45, 7) is 6.09. The van der Waals surface area contributed by atoms with Crippen LogP contribution in [0.2, 0.25) is 5.02 Å². The first-order chi connectivity index (χ1) is 7.87. The van der Waals surface area contributed by atoms with Crippen molar-refractivity contribution in [3.05, 3.63) is 33.6 Å². The lowest BCUT2D eigenvalue weighted by molar-refractivity contribution is 0.629. The van der Waals surface area contributed by atoms with Crippen molar-refractivity contribution >= 4 is 28.2 Å². The zero-order valence-electron chi connectivity index (χ0n) is 9.97. The Hall–Kier alpha value is -1.55. The molecule has 0 aliphatic heterocycles. The average molecular weight is 252 g/mol. The topological polar surface area (TPSA) is 57.8 Å². The van der Waals surface area contributed by atoms with E-state index in [1.54, 1.807) is 18.2 Å². The summed E-state index contributed by atoms with van der Waals surface area (Å²) in [6, 6.07) is 5.19. The number of hydrogen-bond acceptors (Lipinski definition) is 3. The van der Waals surface area contributed by atoms with Gasteiger partial charge in [-0.3, -0.25) is 4.79 Å². The average Bonchev–Trinajstić information content (AvgIpc) is 2.21. The number of aromatic nitrogens is 2. The quantitative estimate of drug-likeness (QED) is 0.819. The Morgan fingerprint density at radius 3 is 2.65 bits per heavy atom. The van der Waals surface area contributed by atoms with Crippen LogP contribution in [0.4, 0.5) is 5.82 Å². The van der Waals surface area contributed by atoms with E-state index in [2.05, 4.69) is 15.5 Å². The van der Waals surface area contributed by atoms with Crippen molar-refractivity contribution in [3.63, 3.8) is 0 Å². The van der Waals surface area contributed by atoms with Crippen LogP contribution in [0, 0.1) is 0 Å². The number of rotatable bonds is 1. The Labute approximate surface area is 104 Å². The molecule has 4 nitrogen and oxygen atoms in total. The lowest BCUT2D eigenvalue weighted by atomic mass is 10.1. The summed E-state index contributed by atoms with van der Waals surface area (Å²) < 4.78 is 0. The molecule has 0 aliphatic rings. The highest BCUT2D eigenvalue weighted by molar-refractivity contribution is 6.31. The highest BCUT2D eigenvalue weighted by atomic mass is 35.5. The summed E-state index contributed by atoms with van der Waals surface area (Å²) in [7, 11) is 0. The van der Waals surface area contributed by atoms with E-state index < -0.39 is 0 Å². The number of benzene rings is 1. The normalized spacial score (nSPS) is 11.8. The third-order valence-electron chi connectivity index (χ3n) is 2.24. The first-order valence-electron chi connectivity index (χ1n) is 5.33. The van der Waals surface area contributed by atoms with Crippen molar-refractivity contribution in [2.24, 2.45) is 0 Å². The number of aromatic amines is 1. The molecule has 1 heterocycles. The number of hydrogen-bond donors (Lipinski definition) is 2. The molecule has 2 aromatic rings. The smallest absolute Gasteiger partial charge is 0.272 e. The monoisotopic (exact) mass is 251 g/mol. The summed E-state index contributed by atoms with van der Waals surface area (Å²) >= 11 is 5.88. The van der Waals surface area contributed by atoms with E-state index in [-0.39, 0.29) is 11.1 Å². The van der Waals surface area contributed by atoms with Crippen LogP contribution in [0.25, 0.3) is 10.8 Å². The summed E-state index contributed by atoms with van der Waals surface area (Å²) in [5.41, 5.74) is -0.361. The summed E-state index contributed by atoms with van der Waals surface area (Å²) in [4.78, 5) is 11.6. The standard InChI is InChI=1S/C12H14ClN3O/c1-12(2,3)14-10-8-5-4-7(13)6-9(8)11(17)16-15-10/h4-6H,1-3H3,(H,14,15)(H,16,17). The van der Waals surface area contributed by atoms with Crippen molar-refractivity contribution in [2.45, 2.75) is 26.3 Å². The Morgan fingerprint density at radius 1 is 1.29 bits per heavy atom. The Kier molecular flexibility index (Phi) is 2.83. The zero-order chi connectivity index (χ0) is 12.6. The van der Waals surface area contributed by atoms with Gasteiger partial charge in [0.15, 0.2) is 5.82 Å². The molecule has 2 rings (SSSR count). The molecular formula is C12H14ClN3O. The molecule has 0 unspecified atom stereocenters. The lowest BCUT2D eigenvalue weighted by Crippen LogP contribution is -2.27. The number of halogens is 1. The van der Waals surface area contributed by atoms with Crippen molar-refractivity contribution in [1.29, 1.82) is 0 Å². The van der Waals surface area contributed by atoms with Gasteiger partial charge in [0.1, 0.15) is 0 Å². The fourth-order valence-corrected chi connectivity index (χ4v) is 1.76. The Morgan fingerprint density at radius 2 is 2.00 bits per heavy atom.